The van der Waals surface area contributed by atoms with Gasteiger partial charge in [0.05, 0.1) is 4.92 Å². The lowest BCUT2D eigenvalue weighted by atomic mass is 10.2. The SMILES string of the molecule is O=C(Nc1cccc(NC(=O)c2ccc([N+](=O)[O-])cc2)n1)c1ccccc1. The summed E-state index contributed by atoms with van der Waals surface area (Å²) >= 11 is 0. The highest BCUT2D eigenvalue weighted by Gasteiger charge is 2.11. The van der Waals surface area contributed by atoms with Crippen molar-refractivity contribution in [1.29, 1.82) is 0 Å². The average Bonchev–Trinajstić information content (AvgIpc) is 2.69. The number of pyridine rings is 1. The molecule has 2 amide bonds. The maximum atomic E-state index is 12.2. The monoisotopic (exact) mass is 362 g/mol. The Morgan fingerprint density at radius 3 is 1.78 bits per heavy atom. The molecule has 0 aliphatic carbocycles. The zero-order valence-electron chi connectivity index (χ0n) is 14.0. The number of benzene rings is 2. The predicted octanol–water partition coefficient (Wildman–Crippen LogP) is 3.49. The van der Waals surface area contributed by atoms with Crippen LogP contribution < -0.4 is 10.6 Å². The molecular weight excluding hydrogens is 348 g/mol. The molecule has 0 unspecified atom stereocenters. The molecule has 1 heterocycles. The van der Waals surface area contributed by atoms with Crippen LogP contribution in [0.2, 0.25) is 0 Å². The molecule has 0 saturated carbocycles. The van der Waals surface area contributed by atoms with Gasteiger partial charge < -0.3 is 10.6 Å². The number of non-ortho nitro benzene ring substituents is 1. The second-order valence-corrected chi connectivity index (χ2v) is 5.49. The lowest BCUT2D eigenvalue weighted by Gasteiger charge is -2.08. The number of hydrogen-bond acceptors (Lipinski definition) is 5. The summed E-state index contributed by atoms with van der Waals surface area (Å²) in [5, 5.41) is 15.9. The molecular formula is C19H14N4O4. The number of aromatic nitrogens is 1. The van der Waals surface area contributed by atoms with E-state index in [-0.39, 0.29) is 28.8 Å². The molecule has 134 valence electrons. The average molecular weight is 362 g/mol. The number of amides is 2. The Hall–Kier alpha value is -4.07. The second-order valence-electron chi connectivity index (χ2n) is 5.49. The Balaban J connectivity index is 1.69. The molecule has 1 aromatic heterocycles. The zero-order valence-corrected chi connectivity index (χ0v) is 14.0. The van der Waals surface area contributed by atoms with Crippen LogP contribution in [0.25, 0.3) is 0 Å². The van der Waals surface area contributed by atoms with E-state index in [4.69, 9.17) is 0 Å². The Kier molecular flexibility index (Phi) is 5.17. The van der Waals surface area contributed by atoms with E-state index >= 15 is 0 Å². The first kappa shape index (κ1) is 17.7. The first-order valence-corrected chi connectivity index (χ1v) is 7.92. The third kappa shape index (κ3) is 4.51. The number of anilines is 2. The van der Waals surface area contributed by atoms with Crippen molar-refractivity contribution in [3.8, 4) is 0 Å². The van der Waals surface area contributed by atoms with Gasteiger partial charge in [-0.3, -0.25) is 19.7 Å². The molecule has 0 aliphatic heterocycles. The topological polar surface area (TPSA) is 114 Å². The number of rotatable bonds is 5. The van der Waals surface area contributed by atoms with E-state index in [9.17, 15) is 19.7 Å². The highest BCUT2D eigenvalue weighted by Crippen LogP contribution is 2.15. The number of nitrogens with zero attached hydrogens (tertiary/aromatic N) is 2. The largest absolute Gasteiger partial charge is 0.306 e. The van der Waals surface area contributed by atoms with Crippen LogP contribution in [0, 0.1) is 10.1 Å². The van der Waals surface area contributed by atoms with E-state index in [0.29, 0.717) is 5.56 Å². The molecule has 2 N–H and O–H groups in total. The van der Waals surface area contributed by atoms with Crippen molar-refractivity contribution in [1.82, 2.24) is 4.98 Å². The predicted molar refractivity (Wildman–Crippen MR) is 99.7 cm³/mol. The molecule has 0 atom stereocenters. The number of carbonyl (C=O) groups is 2. The van der Waals surface area contributed by atoms with Crippen molar-refractivity contribution >= 4 is 29.1 Å². The minimum Gasteiger partial charge on any atom is -0.306 e. The molecule has 0 radical (unpaired) electrons. The summed E-state index contributed by atoms with van der Waals surface area (Å²) in [5.41, 5.74) is 0.635. The fraction of sp³-hybridized carbons (Fsp3) is 0. The van der Waals surface area contributed by atoms with Gasteiger partial charge in [-0.1, -0.05) is 24.3 Å². The third-order valence-electron chi connectivity index (χ3n) is 3.61. The molecule has 8 nitrogen and oxygen atoms in total. The van der Waals surface area contributed by atoms with E-state index in [2.05, 4.69) is 15.6 Å². The van der Waals surface area contributed by atoms with Crippen molar-refractivity contribution < 1.29 is 14.5 Å². The lowest BCUT2D eigenvalue weighted by molar-refractivity contribution is -0.384. The van der Waals surface area contributed by atoms with Crippen LogP contribution in [0.5, 0.6) is 0 Å². The molecule has 0 saturated heterocycles. The first-order valence-electron chi connectivity index (χ1n) is 7.92. The zero-order chi connectivity index (χ0) is 19.2. The third-order valence-corrected chi connectivity index (χ3v) is 3.61. The Morgan fingerprint density at radius 1 is 0.741 bits per heavy atom. The van der Waals surface area contributed by atoms with E-state index in [1.54, 1.807) is 42.5 Å². The van der Waals surface area contributed by atoms with Crippen LogP contribution in [0.4, 0.5) is 17.3 Å². The van der Waals surface area contributed by atoms with Gasteiger partial charge >= 0.3 is 0 Å². The molecule has 3 rings (SSSR count). The highest BCUT2D eigenvalue weighted by molar-refractivity contribution is 6.05. The number of hydrogen-bond donors (Lipinski definition) is 2. The van der Waals surface area contributed by atoms with Crippen LogP contribution in [0.1, 0.15) is 20.7 Å². The normalized spacial score (nSPS) is 10.1. The van der Waals surface area contributed by atoms with Gasteiger partial charge in [0, 0.05) is 23.3 Å². The second kappa shape index (κ2) is 7.87. The smallest absolute Gasteiger partial charge is 0.269 e. The van der Waals surface area contributed by atoms with Gasteiger partial charge in [0.15, 0.2) is 0 Å². The fourth-order valence-electron chi connectivity index (χ4n) is 2.27. The number of nitro groups is 1. The van der Waals surface area contributed by atoms with E-state index in [1.807, 2.05) is 6.07 Å². The summed E-state index contributed by atoms with van der Waals surface area (Å²) < 4.78 is 0. The maximum Gasteiger partial charge on any atom is 0.269 e. The first-order chi connectivity index (χ1) is 13.0. The summed E-state index contributed by atoms with van der Waals surface area (Å²) in [6.07, 6.45) is 0. The van der Waals surface area contributed by atoms with Gasteiger partial charge in [0.2, 0.25) is 0 Å². The van der Waals surface area contributed by atoms with Crippen molar-refractivity contribution in [3.05, 3.63) is 94.0 Å². The summed E-state index contributed by atoms with van der Waals surface area (Å²) in [6, 6.07) is 18.7. The van der Waals surface area contributed by atoms with Crippen molar-refractivity contribution in [2.45, 2.75) is 0 Å². The minimum absolute atomic E-state index is 0.102. The molecule has 0 aliphatic rings. The summed E-state index contributed by atoms with van der Waals surface area (Å²) in [5.74, 6) is -0.263. The number of nitro benzene ring substituents is 1. The van der Waals surface area contributed by atoms with Gasteiger partial charge in [-0.15, -0.1) is 0 Å². The summed E-state index contributed by atoms with van der Waals surface area (Å²) in [6.45, 7) is 0. The Labute approximate surface area is 154 Å². The van der Waals surface area contributed by atoms with Gasteiger partial charge in [0.1, 0.15) is 11.6 Å². The molecule has 0 spiro atoms. The number of nitrogens with one attached hydrogen (secondary N) is 2. The fourth-order valence-corrected chi connectivity index (χ4v) is 2.27. The molecule has 3 aromatic rings. The molecule has 27 heavy (non-hydrogen) atoms. The van der Waals surface area contributed by atoms with Crippen LogP contribution in [0.15, 0.2) is 72.8 Å². The van der Waals surface area contributed by atoms with Gasteiger partial charge in [-0.25, -0.2) is 4.98 Å². The van der Waals surface area contributed by atoms with Gasteiger partial charge in [-0.2, -0.15) is 0 Å². The summed E-state index contributed by atoms with van der Waals surface area (Å²) in [7, 11) is 0. The molecule has 2 aromatic carbocycles. The maximum absolute atomic E-state index is 12.2. The van der Waals surface area contributed by atoms with Crippen LogP contribution in [-0.4, -0.2) is 21.7 Å². The number of carbonyl (C=O) groups excluding carboxylic acids is 2. The van der Waals surface area contributed by atoms with Crippen LogP contribution in [0.3, 0.4) is 0 Å². The molecule has 8 heteroatoms. The van der Waals surface area contributed by atoms with E-state index < -0.39 is 10.8 Å². The Morgan fingerprint density at radius 2 is 1.26 bits per heavy atom. The molecule has 0 fully saturated rings. The van der Waals surface area contributed by atoms with Crippen LogP contribution >= 0.6 is 0 Å². The van der Waals surface area contributed by atoms with Crippen molar-refractivity contribution in [3.63, 3.8) is 0 Å². The summed E-state index contributed by atoms with van der Waals surface area (Å²) in [4.78, 5) is 38.7. The van der Waals surface area contributed by atoms with E-state index in [0.717, 1.165) is 0 Å². The lowest BCUT2D eigenvalue weighted by Crippen LogP contribution is -2.15. The van der Waals surface area contributed by atoms with Crippen molar-refractivity contribution in [2.24, 2.45) is 0 Å². The highest BCUT2D eigenvalue weighted by atomic mass is 16.6. The van der Waals surface area contributed by atoms with Gasteiger partial charge in [-0.05, 0) is 36.4 Å². The van der Waals surface area contributed by atoms with Crippen LogP contribution in [-0.2, 0) is 0 Å². The minimum atomic E-state index is -0.540. The van der Waals surface area contributed by atoms with Crippen molar-refractivity contribution in [2.75, 3.05) is 10.6 Å². The standard InChI is InChI=1S/C19H14N4O4/c24-18(13-5-2-1-3-6-13)21-16-7-4-8-17(20-16)22-19(25)14-9-11-15(12-10-14)23(26)27/h1-12H,(H2,20,21,22,24,25). The Bertz CT molecular complexity index is 988. The quantitative estimate of drug-likeness (QED) is 0.532. The molecule has 0 bridgehead atoms. The van der Waals surface area contributed by atoms with E-state index in [1.165, 1.54) is 24.3 Å². The van der Waals surface area contributed by atoms with Gasteiger partial charge in [0.25, 0.3) is 17.5 Å².